The molecule has 5 heterocycles. The second-order valence-corrected chi connectivity index (χ2v) is 8.41. The number of pyridine rings is 1. The zero-order valence-corrected chi connectivity index (χ0v) is 18.2. The van der Waals surface area contributed by atoms with Crippen LogP contribution in [0.4, 0.5) is 11.8 Å². The van der Waals surface area contributed by atoms with Gasteiger partial charge in [0.1, 0.15) is 5.01 Å². The average molecular weight is 449 g/mol. The number of nitrogens with one attached hydrogen (secondary N) is 1. The van der Waals surface area contributed by atoms with Crippen molar-refractivity contribution in [3.63, 3.8) is 0 Å². The van der Waals surface area contributed by atoms with Gasteiger partial charge in [0.15, 0.2) is 11.4 Å². The molecule has 1 saturated heterocycles. The third-order valence-electron chi connectivity index (χ3n) is 5.28. The maximum absolute atomic E-state index is 12.4. The summed E-state index contributed by atoms with van der Waals surface area (Å²) in [5.74, 6) is 0.729. The summed E-state index contributed by atoms with van der Waals surface area (Å²) < 4.78 is 1.69. The Labute approximate surface area is 187 Å². The summed E-state index contributed by atoms with van der Waals surface area (Å²) in [5.41, 5.74) is 0.728. The van der Waals surface area contributed by atoms with Crippen LogP contribution in [0.3, 0.4) is 0 Å². The fraction of sp³-hybridized carbons (Fsp3) is 0.238. The number of rotatable bonds is 5. The first-order chi connectivity index (χ1) is 15.4. The van der Waals surface area contributed by atoms with Crippen molar-refractivity contribution >= 4 is 29.0 Å². The van der Waals surface area contributed by atoms with Crippen LogP contribution >= 0.6 is 11.3 Å². The van der Waals surface area contributed by atoms with Crippen molar-refractivity contribution in [2.24, 2.45) is 7.05 Å². The number of thiazole rings is 1. The highest BCUT2D eigenvalue weighted by atomic mass is 32.1. The zero-order valence-electron chi connectivity index (χ0n) is 17.4. The summed E-state index contributed by atoms with van der Waals surface area (Å²) in [7, 11) is 3.51. The number of hydrogen-bond donors (Lipinski definition) is 2. The smallest absolute Gasteiger partial charge is 0.260 e. The summed E-state index contributed by atoms with van der Waals surface area (Å²) in [6.45, 7) is 0.499. The van der Waals surface area contributed by atoms with Crippen LogP contribution in [0, 0.1) is 0 Å². The van der Waals surface area contributed by atoms with E-state index in [1.54, 1.807) is 29.4 Å². The molecular weight excluding hydrogens is 428 g/mol. The van der Waals surface area contributed by atoms with Crippen LogP contribution in [0.15, 0.2) is 48.1 Å². The van der Waals surface area contributed by atoms with E-state index in [2.05, 4.69) is 25.4 Å². The fourth-order valence-corrected chi connectivity index (χ4v) is 4.38. The van der Waals surface area contributed by atoms with Crippen molar-refractivity contribution in [2.45, 2.75) is 12.0 Å². The lowest BCUT2D eigenvalue weighted by Gasteiger charge is -2.17. The van der Waals surface area contributed by atoms with E-state index in [9.17, 15) is 9.90 Å². The van der Waals surface area contributed by atoms with Crippen LogP contribution in [-0.4, -0.2) is 59.2 Å². The third-order valence-corrected chi connectivity index (χ3v) is 6.14. The molecule has 0 aliphatic carbocycles. The van der Waals surface area contributed by atoms with Gasteiger partial charge >= 0.3 is 0 Å². The van der Waals surface area contributed by atoms with Crippen LogP contribution in [0.1, 0.15) is 12.1 Å². The van der Waals surface area contributed by atoms with Gasteiger partial charge in [0.25, 0.3) is 5.91 Å². The number of aromatic nitrogens is 6. The largest absolute Gasteiger partial charge is 0.374 e. The van der Waals surface area contributed by atoms with E-state index in [0.717, 1.165) is 0 Å². The summed E-state index contributed by atoms with van der Waals surface area (Å²) in [4.78, 5) is 31.9. The van der Waals surface area contributed by atoms with Crippen molar-refractivity contribution in [3.8, 4) is 22.1 Å². The highest BCUT2D eigenvalue weighted by molar-refractivity contribution is 7.13. The highest BCUT2D eigenvalue weighted by Crippen LogP contribution is 2.35. The molecule has 0 saturated carbocycles. The van der Waals surface area contributed by atoms with E-state index in [-0.39, 0.29) is 5.91 Å². The third kappa shape index (κ3) is 3.61. The number of anilines is 2. The molecule has 0 spiro atoms. The Hall–Kier alpha value is -3.70. The van der Waals surface area contributed by atoms with Gasteiger partial charge < -0.3 is 15.3 Å². The normalized spacial score (nSPS) is 18.3. The molecule has 0 radical (unpaired) electrons. The Morgan fingerprint density at radius 3 is 2.66 bits per heavy atom. The monoisotopic (exact) mass is 448 g/mol. The minimum Gasteiger partial charge on any atom is -0.374 e. The van der Waals surface area contributed by atoms with Crippen molar-refractivity contribution in [1.82, 2.24) is 34.6 Å². The predicted molar refractivity (Wildman–Crippen MR) is 119 cm³/mol. The molecule has 1 fully saturated rings. The van der Waals surface area contributed by atoms with E-state index in [1.807, 2.05) is 37.5 Å². The molecule has 1 aliphatic heterocycles. The molecule has 4 aromatic rings. The van der Waals surface area contributed by atoms with E-state index in [1.165, 1.54) is 16.2 Å². The Morgan fingerprint density at radius 2 is 1.91 bits per heavy atom. The van der Waals surface area contributed by atoms with E-state index in [0.29, 0.717) is 52.5 Å². The van der Waals surface area contributed by atoms with Gasteiger partial charge in [-0.2, -0.15) is 5.10 Å². The maximum Gasteiger partial charge on any atom is 0.260 e. The van der Waals surface area contributed by atoms with Crippen molar-refractivity contribution in [2.75, 3.05) is 18.9 Å². The first kappa shape index (κ1) is 20.2. The number of aliphatic hydroxyl groups is 1. The Balaban J connectivity index is 1.42. The van der Waals surface area contributed by atoms with E-state index < -0.39 is 5.60 Å². The summed E-state index contributed by atoms with van der Waals surface area (Å²) in [5, 5.41) is 20.5. The predicted octanol–water partition coefficient (Wildman–Crippen LogP) is 2.19. The Kier molecular flexibility index (Phi) is 4.91. The molecule has 1 aliphatic rings. The number of aryl methyl sites for hydroxylation is 1. The molecule has 32 heavy (non-hydrogen) atoms. The van der Waals surface area contributed by atoms with Crippen LogP contribution in [-0.2, 0) is 17.4 Å². The first-order valence-corrected chi connectivity index (χ1v) is 10.8. The van der Waals surface area contributed by atoms with Gasteiger partial charge in [0.2, 0.25) is 5.95 Å². The maximum atomic E-state index is 12.4. The minimum absolute atomic E-state index is 0.325. The number of carbonyl (C=O) groups is 1. The standard InChI is InChI=1S/C21H20N8O2S/c1-28-11-8-21(31,19(28)30)16-12-32-18(25-16)15-5-3-4-13(23-15)14-6-9-22-20(24-14)26-17-7-10-29(2)27-17/h3-7,9-10,12,31H,8,11H2,1-2H3,(H,22,24,26,27). The first-order valence-electron chi connectivity index (χ1n) is 9.94. The van der Waals surface area contributed by atoms with Gasteiger partial charge in [0.05, 0.1) is 22.8 Å². The van der Waals surface area contributed by atoms with Crippen LogP contribution < -0.4 is 5.32 Å². The highest BCUT2D eigenvalue weighted by Gasteiger charge is 2.47. The van der Waals surface area contributed by atoms with Crippen LogP contribution in [0.25, 0.3) is 22.1 Å². The lowest BCUT2D eigenvalue weighted by molar-refractivity contribution is -0.143. The quantitative estimate of drug-likeness (QED) is 0.476. The SMILES string of the molecule is CN1CCC(O)(c2csc(-c3cccc(-c4ccnc(Nc5ccn(C)n5)n4)n3)n2)C1=O. The molecule has 1 atom stereocenters. The second kappa shape index (κ2) is 7.77. The van der Waals surface area contributed by atoms with E-state index >= 15 is 0 Å². The molecule has 0 bridgehead atoms. The van der Waals surface area contributed by atoms with Crippen molar-refractivity contribution in [3.05, 3.63) is 53.8 Å². The average Bonchev–Trinajstić information content (AvgIpc) is 3.52. The van der Waals surface area contributed by atoms with Crippen molar-refractivity contribution < 1.29 is 9.90 Å². The molecule has 162 valence electrons. The number of nitrogens with zero attached hydrogens (tertiary/aromatic N) is 7. The molecule has 1 amide bonds. The van der Waals surface area contributed by atoms with Gasteiger partial charge in [-0.15, -0.1) is 11.3 Å². The fourth-order valence-electron chi connectivity index (χ4n) is 3.53. The number of amides is 1. The van der Waals surface area contributed by atoms with Crippen LogP contribution in [0.5, 0.6) is 0 Å². The number of likely N-dealkylation sites (tertiary alicyclic amines) is 1. The van der Waals surface area contributed by atoms with Gasteiger partial charge in [-0.3, -0.25) is 9.48 Å². The second-order valence-electron chi connectivity index (χ2n) is 7.55. The van der Waals surface area contributed by atoms with Crippen molar-refractivity contribution in [1.29, 1.82) is 0 Å². The number of carbonyl (C=O) groups excluding carboxylic acids is 1. The molecule has 1 unspecified atom stereocenters. The molecule has 10 nitrogen and oxygen atoms in total. The lowest BCUT2D eigenvalue weighted by atomic mass is 9.99. The van der Waals surface area contributed by atoms with E-state index in [4.69, 9.17) is 4.98 Å². The summed E-state index contributed by atoms with van der Waals surface area (Å²) in [6, 6.07) is 9.17. The molecule has 4 aromatic heterocycles. The lowest BCUT2D eigenvalue weighted by Crippen LogP contribution is -2.36. The van der Waals surface area contributed by atoms with Crippen LogP contribution in [0.2, 0.25) is 0 Å². The molecular formula is C21H20N8O2S. The van der Waals surface area contributed by atoms with Gasteiger partial charge in [-0.25, -0.2) is 19.9 Å². The number of likely N-dealkylation sites (N-methyl/N-ethyl adjacent to an activating group) is 1. The van der Waals surface area contributed by atoms with Gasteiger partial charge in [0, 0.05) is 50.9 Å². The minimum atomic E-state index is -1.57. The molecule has 0 aromatic carbocycles. The Bertz CT molecular complexity index is 1300. The molecule has 5 rings (SSSR count). The van der Waals surface area contributed by atoms with Gasteiger partial charge in [-0.1, -0.05) is 6.07 Å². The summed E-state index contributed by atoms with van der Waals surface area (Å²) >= 11 is 1.34. The Morgan fingerprint density at radius 1 is 1.09 bits per heavy atom. The number of hydrogen-bond acceptors (Lipinski definition) is 9. The molecule has 2 N–H and O–H groups in total. The molecule has 11 heteroatoms. The zero-order chi connectivity index (χ0) is 22.3. The van der Waals surface area contributed by atoms with Gasteiger partial charge in [-0.05, 0) is 18.2 Å². The summed E-state index contributed by atoms with van der Waals surface area (Å²) in [6.07, 6.45) is 3.81. The topological polar surface area (TPSA) is 122 Å².